The normalized spacial score (nSPS) is 20.2. The van der Waals surface area contributed by atoms with Crippen LogP contribution in [0.25, 0.3) is 0 Å². The highest BCUT2D eigenvalue weighted by atomic mass is 16.4. The van der Waals surface area contributed by atoms with E-state index in [9.17, 15) is 9.90 Å². The molecule has 92 valence electrons. The topological polar surface area (TPSA) is 69.6 Å². The Labute approximate surface area is 100 Å². The summed E-state index contributed by atoms with van der Waals surface area (Å²) in [6.45, 7) is 2.65. The van der Waals surface area contributed by atoms with Gasteiger partial charge in [0.15, 0.2) is 0 Å². The van der Waals surface area contributed by atoms with Crippen molar-refractivity contribution in [2.45, 2.75) is 32.2 Å². The lowest BCUT2D eigenvalue weighted by Gasteiger charge is -2.25. The smallest absolute Gasteiger partial charge is 0.335 e. The van der Waals surface area contributed by atoms with Crippen LogP contribution in [0.4, 0.5) is 0 Å². The number of benzene rings is 1. The molecule has 1 fully saturated rings. The second-order valence-corrected chi connectivity index (χ2v) is 4.54. The molecule has 0 aromatic heterocycles. The number of hydrogen-bond acceptors (Lipinski definition) is 3. The molecule has 1 aliphatic rings. The van der Waals surface area contributed by atoms with E-state index in [0.717, 1.165) is 25.8 Å². The Morgan fingerprint density at radius 2 is 2.18 bits per heavy atom. The molecular weight excluding hydrogens is 218 g/mol. The van der Waals surface area contributed by atoms with Gasteiger partial charge in [0.25, 0.3) is 0 Å². The zero-order valence-corrected chi connectivity index (χ0v) is 9.86. The number of carboxylic acids is 1. The first-order valence-corrected chi connectivity index (χ1v) is 5.90. The van der Waals surface area contributed by atoms with Gasteiger partial charge in [0.1, 0.15) is 5.75 Å². The zero-order valence-electron chi connectivity index (χ0n) is 9.86. The van der Waals surface area contributed by atoms with Crippen molar-refractivity contribution in [3.05, 3.63) is 28.8 Å². The summed E-state index contributed by atoms with van der Waals surface area (Å²) >= 11 is 0. The van der Waals surface area contributed by atoms with Gasteiger partial charge in [0.05, 0.1) is 5.56 Å². The standard InChI is InChI=1S/C13H17NO3/c1-8-6-9(13(16)17)7-10(12(8)15)11-4-2-3-5-14-11/h6-7,11,14-15H,2-5H2,1H3,(H,16,17)/t11-/m1/s1. The van der Waals surface area contributed by atoms with Gasteiger partial charge in [0.2, 0.25) is 0 Å². The van der Waals surface area contributed by atoms with E-state index >= 15 is 0 Å². The lowest BCUT2D eigenvalue weighted by molar-refractivity contribution is 0.0696. The maximum atomic E-state index is 11.0. The number of aromatic carboxylic acids is 1. The van der Waals surface area contributed by atoms with E-state index < -0.39 is 5.97 Å². The fraction of sp³-hybridized carbons (Fsp3) is 0.462. The molecule has 1 aromatic carbocycles. The summed E-state index contributed by atoms with van der Waals surface area (Å²) < 4.78 is 0. The third-order valence-electron chi connectivity index (χ3n) is 3.26. The van der Waals surface area contributed by atoms with Gasteiger partial charge in [-0.25, -0.2) is 4.79 Å². The highest BCUT2D eigenvalue weighted by Gasteiger charge is 2.20. The van der Waals surface area contributed by atoms with Crippen LogP contribution in [-0.4, -0.2) is 22.7 Å². The van der Waals surface area contributed by atoms with Crippen molar-refractivity contribution in [3.63, 3.8) is 0 Å². The zero-order chi connectivity index (χ0) is 12.4. The summed E-state index contributed by atoms with van der Waals surface area (Å²) in [5.74, 6) is -0.737. The third kappa shape index (κ3) is 2.42. The minimum Gasteiger partial charge on any atom is -0.507 e. The quantitative estimate of drug-likeness (QED) is 0.735. The highest BCUT2D eigenvalue weighted by Crippen LogP contribution is 2.33. The number of aryl methyl sites for hydroxylation is 1. The predicted octanol–water partition coefficient (Wildman–Crippen LogP) is 2.21. The molecule has 0 saturated carbocycles. The SMILES string of the molecule is Cc1cc(C(=O)O)cc([C@H]2CCCCN2)c1O. The number of piperidine rings is 1. The molecule has 0 aliphatic carbocycles. The van der Waals surface area contributed by atoms with Crippen molar-refractivity contribution in [1.29, 1.82) is 0 Å². The minimum atomic E-state index is -0.954. The van der Waals surface area contributed by atoms with E-state index in [4.69, 9.17) is 5.11 Å². The molecule has 0 spiro atoms. The van der Waals surface area contributed by atoms with Gasteiger partial charge in [0, 0.05) is 11.6 Å². The number of rotatable bonds is 2. The first-order chi connectivity index (χ1) is 8.09. The van der Waals surface area contributed by atoms with Crippen LogP contribution in [0.15, 0.2) is 12.1 Å². The monoisotopic (exact) mass is 235 g/mol. The van der Waals surface area contributed by atoms with Crippen molar-refractivity contribution in [2.75, 3.05) is 6.54 Å². The van der Waals surface area contributed by atoms with Gasteiger partial charge in [-0.05, 0) is 44.0 Å². The molecule has 0 bridgehead atoms. The molecule has 3 N–H and O–H groups in total. The van der Waals surface area contributed by atoms with Crippen LogP contribution in [0.5, 0.6) is 5.75 Å². The number of carboxylic acid groups (broad SMARTS) is 1. The molecule has 2 rings (SSSR count). The summed E-state index contributed by atoms with van der Waals surface area (Å²) in [5.41, 5.74) is 1.57. The first-order valence-electron chi connectivity index (χ1n) is 5.90. The second-order valence-electron chi connectivity index (χ2n) is 4.54. The van der Waals surface area contributed by atoms with E-state index in [0.29, 0.717) is 11.1 Å². The average molecular weight is 235 g/mol. The van der Waals surface area contributed by atoms with E-state index in [2.05, 4.69) is 5.32 Å². The van der Waals surface area contributed by atoms with Crippen LogP contribution >= 0.6 is 0 Å². The van der Waals surface area contributed by atoms with Crippen molar-refractivity contribution in [1.82, 2.24) is 5.32 Å². The molecule has 0 amide bonds. The molecule has 0 radical (unpaired) electrons. The van der Waals surface area contributed by atoms with Crippen LogP contribution < -0.4 is 5.32 Å². The highest BCUT2D eigenvalue weighted by molar-refractivity contribution is 5.88. The Kier molecular flexibility index (Phi) is 3.33. The Morgan fingerprint density at radius 1 is 1.41 bits per heavy atom. The number of hydrogen-bond donors (Lipinski definition) is 3. The average Bonchev–Trinajstić information content (AvgIpc) is 2.33. The second kappa shape index (κ2) is 4.75. The van der Waals surface area contributed by atoms with E-state index in [1.807, 2.05) is 0 Å². The Balaban J connectivity index is 2.40. The van der Waals surface area contributed by atoms with Crippen molar-refractivity contribution in [2.24, 2.45) is 0 Å². The number of phenols is 1. The van der Waals surface area contributed by atoms with Crippen LogP contribution in [0.2, 0.25) is 0 Å². The summed E-state index contributed by atoms with van der Waals surface area (Å²) in [5, 5.41) is 22.4. The summed E-state index contributed by atoms with van der Waals surface area (Å²) in [6, 6.07) is 3.15. The minimum absolute atomic E-state index is 0.0711. The number of aromatic hydroxyl groups is 1. The lowest BCUT2D eigenvalue weighted by Crippen LogP contribution is -2.27. The van der Waals surface area contributed by atoms with Gasteiger partial charge in [-0.3, -0.25) is 0 Å². The maximum Gasteiger partial charge on any atom is 0.335 e. The van der Waals surface area contributed by atoms with Crippen LogP contribution in [0, 0.1) is 6.92 Å². The molecule has 17 heavy (non-hydrogen) atoms. The van der Waals surface area contributed by atoms with Gasteiger partial charge < -0.3 is 15.5 Å². The molecule has 4 heteroatoms. The molecular formula is C13H17NO3. The van der Waals surface area contributed by atoms with Gasteiger partial charge >= 0.3 is 5.97 Å². The lowest BCUT2D eigenvalue weighted by atomic mass is 9.93. The molecule has 1 aliphatic heterocycles. The van der Waals surface area contributed by atoms with Crippen molar-refractivity contribution < 1.29 is 15.0 Å². The molecule has 4 nitrogen and oxygen atoms in total. The van der Waals surface area contributed by atoms with Crippen molar-refractivity contribution >= 4 is 5.97 Å². The Bertz CT molecular complexity index is 437. The van der Waals surface area contributed by atoms with E-state index in [1.54, 1.807) is 13.0 Å². The Morgan fingerprint density at radius 3 is 2.76 bits per heavy atom. The van der Waals surface area contributed by atoms with E-state index in [-0.39, 0.29) is 17.4 Å². The summed E-state index contributed by atoms with van der Waals surface area (Å²) in [7, 11) is 0. The number of nitrogens with one attached hydrogen (secondary N) is 1. The fourth-order valence-corrected chi connectivity index (χ4v) is 2.31. The van der Waals surface area contributed by atoms with Gasteiger partial charge in [-0.15, -0.1) is 0 Å². The van der Waals surface area contributed by atoms with Gasteiger partial charge in [-0.2, -0.15) is 0 Å². The van der Waals surface area contributed by atoms with Crippen molar-refractivity contribution in [3.8, 4) is 5.75 Å². The number of phenolic OH excluding ortho intramolecular Hbond substituents is 1. The molecule has 0 unspecified atom stereocenters. The number of carbonyl (C=O) groups is 1. The summed E-state index contributed by atoms with van der Waals surface area (Å²) in [6.07, 6.45) is 3.18. The molecule has 1 saturated heterocycles. The van der Waals surface area contributed by atoms with Gasteiger partial charge in [-0.1, -0.05) is 6.42 Å². The summed E-state index contributed by atoms with van der Waals surface area (Å²) in [4.78, 5) is 11.0. The van der Waals surface area contributed by atoms with Crippen LogP contribution in [0.3, 0.4) is 0 Å². The molecule has 1 aromatic rings. The molecule has 1 atom stereocenters. The predicted molar refractivity (Wildman–Crippen MR) is 64.4 cm³/mol. The first kappa shape index (κ1) is 11.9. The van der Waals surface area contributed by atoms with Crippen LogP contribution in [0.1, 0.15) is 46.8 Å². The maximum absolute atomic E-state index is 11.0. The third-order valence-corrected chi connectivity index (χ3v) is 3.26. The van der Waals surface area contributed by atoms with Crippen LogP contribution in [-0.2, 0) is 0 Å². The Hall–Kier alpha value is -1.55. The van der Waals surface area contributed by atoms with E-state index in [1.165, 1.54) is 6.07 Å². The molecule has 1 heterocycles. The fourth-order valence-electron chi connectivity index (χ4n) is 2.31. The largest absolute Gasteiger partial charge is 0.507 e.